The van der Waals surface area contributed by atoms with E-state index in [0.29, 0.717) is 6.42 Å². The van der Waals surface area contributed by atoms with E-state index in [0.717, 1.165) is 0 Å². The maximum Gasteiger partial charge on any atom is 0.309 e. The summed E-state index contributed by atoms with van der Waals surface area (Å²) >= 11 is 0. The second-order valence-corrected chi connectivity index (χ2v) is 7.12. The SMILES string of the molecule is CC(=O)O[C@H]1[C@@H]2[C@H](C)C(=O)O[C@@H]2C[C@@H](C)[C@@H]2C=CC(=O)[C@]21C. The highest BCUT2D eigenvalue weighted by molar-refractivity contribution is 5.98. The third kappa shape index (κ3) is 1.94. The first kappa shape index (κ1) is 15.3. The molecule has 3 aliphatic rings. The molecular weight excluding hydrogens is 284 g/mol. The predicted octanol–water partition coefficient (Wildman–Crippen LogP) is 1.90. The number of rotatable bonds is 1. The molecule has 1 saturated carbocycles. The van der Waals surface area contributed by atoms with Crippen LogP contribution in [-0.2, 0) is 23.9 Å². The van der Waals surface area contributed by atoms with Crippen molar-refractivity contribution in [1.82, 2.24) is 0 Å². The van der Waals surface area contributed by atoms with Gasteiger partial charge in [0.2, 0.25) is 0 Å². The Balaban J connectivity index is 2.10. The number of carbonyl (C=O) groups excluding carboxylic acids is 3. The fourth-order valence-electron chi connectivity index (χ4n) is 4.61. The van der Waals surface area contributed by atoms with E-state index in [-0.39, 0.29) is 41.5 Å². The van der Waals surface area contributed by atoms with Gasteiger partial charge in [0.25, 0.3) is 0 Å². The van der Waals surface area contributed by atoms with Gasteiger partial charge in [-0.25, -0.2) is 0 Å². The quantitative estimate of drug-likeness (QED) is 0.692. The Kier molecular flexibility index (Phi) is 3.42. The summed E-state index contributed by atoms with van der Waals surface area (Å²) in [6.45, 7) is 7.07. The highest BCUT2D eigenvalue weighted by Gasteiger charge is 2.62. The second kappa shape index (κ2) is 4.93. The number of allylic oxidation sites excluding steroid dienone is 2. The van der Waals surface area contributed by atoms with Crippen molar-refractivity contribution in [2.24, 2.45) is 29.1 Å². The van der Waals surface area contributed by atoms with Crippen LogP contribution in [0.2, 0.25) is 0 Å². The van der Waals surface area contributed by atoms with Crippen LogP contribution in [0.25, 0.3) is 0 Å². The molecule has 0 radical (unpaired) electrons. The molecule has 0 N–H and O–H groups in total. The summed E-state index contributed by atoms with van der Waals surface area (Å²) in [5, 5.41) is 0. The fraction of sp³-hybridized carbons (Fsp3) is 0.706. The van der Waals surface area contributed by atoms with Gasteiger partial charge in [0.1, 0.15) is 12.2 Å². The lowest BCUT2D eigenvalue weighted by atomic mass is 9.66. The highest BCUT2D eigenvalue weighted by Crippen LogP contribution is 2.54. The lowest BCUT2D eigenvalue weighted by Crippen LogP contribution is -2.50. The molecule has 0 bridgehead atoms. The summed E-state index contributed by atoms with van der Waals surface area (Å²) in [7, 11) is 0. The Bertz CT molecular complexity index is 565. The minimum Gasteiger partial charge on any atom is -0.462 e. The van der Waals surface area contributed by atoms with Crippen molar-refractivity contribution < 1.29 is 23.9 Å². The van der Waals surface area contributed by atoms with Crippen LogP contribution in [0.1, 0.15) is 34.1 Å². The Morgan fingerprint density at radius 3 is 2.68 bits per heavy atom. The van der Waals surface area contributed by atoms with Crippen molar-refractivity contribution in [3.63, 3.8) is 0 Å². The zero-order valence-corrected chi connectivity index (χ0v) is 13.4. The molecule has 120 valence electrons. The van der Waals surface area contributed by atoms with Crippen LogP contribution in [-0.4, -0.2) is 29.9 Å². The Morgan fingerprint density at radius 1 is 1.36 bits per heavy atom. The summed E-state index contributed by atoms with van der Waals surface area (Å²) in [6, 6.07) is 0. The molecule has 1 heterocycles. The number of hydrogen-bond acceptors (Lipinski definition) is 5. The van der Waals surface area contributed by atoms with Gasteiger partial charge < -0.3 is 9.47 Å². The van der Waals surface area contributed by atoms with Gasteiger partial charge in [-0.1, -0.05) is 19.9 Å². The molecular formula is C17H22O5. The standard InChI is InChI=1S/C17H22O5/c1-8-7-12-14(9(2)16(20)22-12)15(21-10(3)18)17(4)11(8)5-6-13(17)19/h5-6,8-9,11-12,14-15H,7H2,1-4H3/t8-,9+,11+,12-,14-,15+,17+/m1/s1. The van der Waals surface area contributed by atoms with E-state index in [1.54, 1.807) is 13.0 Å². The van der Waals surface area contributed by atoms with E-state index in [1.165, 1.54) is 6.92 Å². The zero-order valence-electron chi connectivity index (χ0n) is 13.4. The molecule has 0 aromatic heterocycles. The smallest absolute Gasteiger partial charge is 0.309 e. The molecule has 2 fully saturated rings. The topological polar surface area (TPSA) is 69.7 Å². The minimum atomic E-state index is -0.813. The predicted molar refractivity (Wildman–Crippen MR) is 77.6 cm³/mol. The van der Waals surface area contributed by atoms with E-state index in [1.807, 2.05) is 13.0 Å². The average Bonchev–Trinajstić information content (AvgIpc) is 2.84. The van der Waals surface area contributed by atoms with Gasteiger partial charge in [0, 0.05) is 12.8 Å². The molecule has 2 aliphatic carbocycles. The maximum absolute atomic E-state index is 12.6. The van der Waals surface area contributed by atoms with Crippen molar-refractivity contribution in [2.75, 3.05) is 0 Å². The number of ketones is 1. The molecule has 0 aromatic carbocycles. The molecule has 7 atom stereocenters. The van der Waals surface area contributed by atoms with Crippen molar-refractivity contribution >= 4 is 17.7 Å². The van der Waals surface area contributed by atoms with Gasteiger partial charge in [-0.15, -0.1) is 0 Å². The van der Waals surface area contributed by atoms with Crippen LogP contribution in [0.5, 0.6) is 0 Å². The average molecular weight is 306 g/mol. The van der Waals surface area contributed by atoms with Crippen molar-refractivity contribution in [3.05, 3.63) is 12.2 Å². The third-order valence-electron chi connectivity index (χ3n) is 5.77. The van der Waals surface area contributed by atoms with Crippen LogP contribution < -0.4 is 0 Å². The lowest BCUT2D eigenvalue weighted by Gasteiger charge is -2.40. The monoisotopic (exact) mass is 306 g/mol. The largest absolute Gasteiger partial charge is 0.462 e. The molecule has 5 heteroatoms. The second-order valence-electron chi connectivity index (χ2n) is 7.12. The first-order chi connectivity index (χ1) is 10.3. The molecule has 22 heavy (non-hydrogen) atoms. The van der Waals surface area contributed by atoms with Crippen molar-refractivity contribution in [2.45, 2.75) is 46.3 Å². The van der Waals surface area contributed by atoms with Crippen LogP contribution in [0.15, 0.2) is 12.2 Å². The molecule has 3 rings (SSSR count). The van der Waals surface area contributed by atoms with E-state index in [4.69, 9.17) is 9.47 Å². The number of fused-ring (bicyclic) bond motifs is 2. The maximum atomic E-state index is 12.6. The first-order valence-electron chi connectivity index (χ1n) is 7.87. The summed E-state index contributed by atoms with van der Waals surface area (Å²) in [5.74, 6) is -1.17. The van der Waals surface area contributed by atoms with Crippen LogP contribution in [0.3, 0.4) is 0 Å². The van der Waals surface area contributed by atoms with E-state index in [2.05, 4.69) is 6.92 Å². The Hall–Kier alpha value is -1.65. The first-order valence-corrected chi connectivity index (χ1v) is 7.87. The fourth-order valence-corrected chi connectivity index (χ4v) is 4.61. The van der Waals surface area contributed by atoms with E-state index < -0.39 is 17.5 Å². The van der Waals surface area contributed by atoms with E-state index in [9.17, 15) is 14.4 Å². The van der Waals surface area contributed by atoms with E-state index >= 15 is 0 Å². The summed E-state index contributed by atoms with van der Waals surface area (Å²) in [6.07, 6.45) is 3.30. The van der Waals surface area contributed by atoms with Gasteiger partial charge >= 0.3 is 11.9 Å². The molecule has 5 nitrogen and oxygen atoms in total. The summed E-state index contributed by atoms with van der Waals surface area (Å²) in [4.78, 5) is 36.2. The minimum absolute atomic E-state index is 0.000789. The number of ether oxygens (including phenoxy) is 2. The number of carbonyl (C=O) groups is 3. The Labute approximate surface area is 130 Å². The van der Waals surface area contributed by atoms with Gasteiger partial charge in [-0.05, 0) is 31.3 Å². The lowest BCUT2D eigenvalue weighted by molar-refractivity contribution is -0.165. The highest BCUT2D eigenvalue weighted by atomic mass is 16.6. The van der Waals surface area contributed by atoms with Gasteiger partial charge in [-0.3, -0.25) is 14.4 Å². The van der Waals surface area contributed by atoms with Crippen molar-refractivity contribution in [1.29, 1.82) is 0 Å². The zero-order chi connectivity index (χ0) is 16.2. The summed E-state index contributed by atoms with van der Waals surface area (Å²) in [5.41, 5.74) is -0.813. The molecule has 0 amide bonds. The van der Waals surface area contributed by atoms with Gasteiger partial charge in [0.05, 0.1) is 11.3 Å². The van der Waals surface area contributed by atoms with Crippen LogP contribution >= 0.6 is 0 Å². The molecule has 0 unspecified atom stereocenters. The number of hydrogen-bond donors (Lipinski definition) is 0. The Morgan fingerprint density at radius 2 is 2.05 bits per heavy atom. The number of esters is 2. The van der Waals surface area contributed by atoms with Crippen LogP contribution in [0.4, 0.5) is 0 Å². The normalized spacial score (nSPS) is 46.7. The molecule has 1 aliphatic heterocycles. The molecule has 1 saturated heterocycles. The van der Waals surface area contributed by atoms with Crippen molar-refractivity contribution in [3.8, 4) is 0 Å². The van der Waals surface area contributed by atoms with Gasteiger partial charge in [-0.2, -0.15) is 0 Å². The molecule has 0 aromatic rings. The summed E-state index contributed by atoms with van der Waals surface area (Å²) < 4.78 is 11.1. The third-order valence-corrected chi connectivity index (χ3v) is 5.77. The molecule has 0 spiro atoms. The van der Waals surface area contributed by atoms with Gasteiger partial charge in [0.15, 0.2) is 5.78 Å². The van der Waals surface area contributed by atoms with Crippen LogP contribution in [0, 0.1) is 29.1 Å².